The van der Waals surface area contributed by atoms with E-state index in [-0.39, 0.29) is 24.2 Å². The second-order valence-electron chi connectivity index (χ2n) is 7.45. The van der Waals surface area contributed by atoms with Crippen molar-refractivity contribution < 1.29 is 9.18 Å². The van der Waals surface area contributed by atoms with Crippen LogP contribution in [-0.4, -0.2) is 38.2 Å². The molecule has 2 aromatic heterocycles. The van der Waals surface area contributed by atoms with Gasteiger partial charge in [0.15, 0.2) is 5.82 Å². The lowest BCUT2D eigenvalue weighted by atomic mass is 10.1. The first kappa shape index (κ1) is 18.2. The molecule has 0 bridgehead atoms. The molecule has 0 radical (unpaired) electrons. The van der Waals surface area contributed by atoms with Gasteiger partial charge in [0, 0.05) is 42.4 Å². The first-order valence-corrected chi connectivity index (χ1v) is 9.31. The van der Waals surface area contributed by atoms with Crippen LogP contribution in [-0.2, 0) is 17.8 Å². The summed E-state index contributed by atoms with van der Waals surface area (Å²) in [6.45, 7) is 6.63. The first-order chi connectivity index (χ1) is 13.3. The highest BCUT2D eigenvalue weighted by molar-refractivity contribution is 5.94. The van der Waals surface area contributed by atoms with Crippen LogP contribution < -0.4 is 11.1 Å². The highest BCUT2D eigenvalue weighted by Gasteiger charge is 2.23. The van der Waals surface area contributed by atoms with Gasteiger partial charge in [-0.25, -0.2) is 9.37 Å². The van der Waals surface area contributed by atoms with Crippen LogP contribution in [0, 0.1) is 12.7 Å². The van der Waals surface area contributed by atoms with Crippen molar-refractivity contribution in [1.29, 1.82) is 0 Å². The van der Waals surface area contributed by atoms with Crippen molar-refractivity contribution in [2.75, 3.05) is 17.6 Å². The molecule has 28 heavy (non-hydrogen) atoms. The van der Waals surface area contributed by atoms with Crippen LogP contribution in [0.5, 0.6) is 0 Å². The molecular formula is C20H23FN6O. The van der Waals surface area contributed by atoms with Crippen LogP contribution in [0.15, 0.2) is 24.4 Å². The molecule has 3 N–H and O–H groups in total. The third-order valence-electron chi connectivity index (χ3n) is 5.14. The summed E-state index contributed by atoms with van der Waals surface area (Å²) in [5.74, 6) is 0.869. The van der Waals surface area contributed by atoms with Crippen molar-refractivity contribution in [1.82, 2.24) is 19.7 Å². The number of halogens is 1. The SMILES string of the molecule is Cc1cc2cc(Nc3cc4n(n3)CC(=O)N(C(C)C)CC4)ncc2c(N)c1F. The molecule has 0 fully saturated rings. The fraction of sp³-hybridized carbons (Fsp3) is 0.350. The quantitative estimate of drug-likeness (QED) is 0.680. The van der Waals surface area contributed by atoms with E-state index in [1.165, 1.54) is 0 Å². The number of hydrogen-bond acceptors (Lipinski definition) is 5. The molecule has 0 unspecified atom stereocenters. The maximum atomic E-state index is 14.0. The third-order valence-corrected chi connectivity index (χ3v) is 5.14. The minimum atomic E-state index is -0.409. The van der Waals surface area contributed by atoms with Crippen LogP contribution in [0.4, 0.5) is 21.7 Å². The van der Waals surface area contributed by atoms with Crippen molar-refractivity contribution in [2.24, 2.45) is 0 Å². The van der Waals surface area contributed by atoms with Gasteiger partial charge < -0.3 is 16.0 Å². The zero-order chi connectivity index (χ0) is 20.0. The standard InChI is InChI=1S/C20H23FN6O/c1-11(2)26-5-4-14-8-17(25-27(14)10-18(26)28)24-16-7-13-6-12(3)19(21)20(22)15(13)9-23-16/h6-9,11H,4-5,10,22H2,1-3H3,(H,23,24,25). The molecule has 1 amide bonds. The number of anilines is 3. The number of pyridine rings is 1. The minimum Gasteiger partial charge on any atom is -0.396 e. The summed E-state index contributed by atoms with van der Waals surface area (Å²) in [6.07, 6.45) is 2.30. The minimum absolute atomic E-state index is 0.0696. The molecule has 3 heterocycles. The molecule has 1 aliphatic rings. The maximum Gasteiger partial charge on any atom is 0.244 e. The van der Waals surface area contributed by atoms with Gasteiger partial charge in [-0.3, -0.25) is 9.48 Å². The van der Waals surface area contributed by atoms with Gasteiger partial charge in [-0.15, -0.1) is 0 Å². The van der Waals surface area contributed by atoms with Gasteiger partial charge >= 0.3 is 0 Å². The molecule has 0 atom stereocenters. The Morgan fingerprint density at radius 3 is 2.79 bits per heavy atom. The van der Waals surface area contributed by atoms with Gasteiger partial charge in [-0.2, -0.15) is 5.10 Å². The maximum absolute atomic E-state index is 14.0. The predicted molar refractivity (Wildman–Crippen MR) is 107 cm³/mol. The van der Waals surface area contributed by atoms with E-state index >= 15 is 0 Å². The number of hydrogen-bond donors (Lipinski definition) is 2. The van der Waals surface area contributed by atoms with E-state index in [1.54, 1.807) is 23.9 Å². The van der Waals surface area contributed by atoms with E-state index in [2.05, 4.69) is 15.4 Å². The second kappa shape index (κ2) is 6.78. The molecule has 4 rings (SSSR count). The zero-order valence-corrected chi connectivity index (χ0v) is 16.2. The van der Waals surface area contributed by atoms with Crippen LogP contribution in [0.3, 0.4) is 0 Å². The Bertz CT molecular complexity index is 1070. The number of carbonyl (C=O) groups excluding carboxylic acids is 1. The second-order valence-corrected chi connectivity index (χ2v) is 7.45. The van der Waals surface area contributed by atoms with Crippen LogP contribution in [0.2, 0.25) is 0 Å². The highest BCUT2D eigenvalue weighted by Crippen LogP contribution is 2.28. The lowest BCUT2D eigenvalue weighted by molar-refractivity contribution is -0.133. The Kier molecular flexibility index (Phi) is 4.41. The predicted octanol–water partition coefficient (Wildman–Crippen LogP) is 3.00. The number of benzene rings is 1. The van der Waals surface area contributed by atoms with Gasteiger partial charge in [0.05, 0.1) is 5.69 Å². The fourth-order valence-electron chi connectivity index (χ4n) is 3.62. The zero-order valence-electron chi connectivity index (χ0n) is 16.2. The molecule has 1 aromatic carbocycles. The van der Waals surface area contributed by atoms with Gasteiger partial charge in [0.1, 0.15) is 18.2 Å². The van der Waals surface area contributed by atoms with E-state index < -0.39 is 5.82 Å². The van der Waals surface area contributed by atoms with E-state index in [0.29, 0.717) is 29.1 Å². The summed E-state index contributed by atoms with van der Waals surface area (Å²) in [5, 5.41) is 9.07. The Hall–Kier alpha value is -3.16. The average molecular weight is 382 g/mol. The molecule has 7 nitrogen and oxygen atoms in total. The number of nitrogens with one attached hydrogen (secondary N) is 1. The molecular weight excluding hydrogens is 359 g/mol. The van der Waals surface area contributed by atoms with E-state index in [9.17, 15) is 9.18 Å². The van der Waals surface area contributed by atoms with E-state index in [1.807, 2.05) is 30.9 Å². The Morgan fingerprint density at radius 1 is 1.25 bits per heavy atom. The third kappa shape index (κ3) is 3.15. The molecule has 1 aliphatic heterocycles. The normalized spacial score (nSPS) is 14.5. The Morgan fingerprint density at radius 2 is 2.04 bits per heavy atom. The Balaban J connectivity index is 1.60. The number of amides is 1. The molecule has 0 aliphatic carbocycles. The lowest BCUT2D eigenvalue weighted by Crippen LogP contribution is -2.38. The molecule has 0 saturated carbocycles. The number of rotatable bonds is 3. The van der Waals surface area contributed by atoms with Crippen LogP contribution in [0.25, 0.3) is 10.8 Å². The van der Waals surface area contributed by atoms with Crippen molar-refractivity contribution in [3.8, 4) is 0 Å². The number of carbonyl (C=O) groups is 1. The molecule has 8 heteroatoms. The number of nitrogens with two attached hydrogens (primary N) is 1. The topological polar surface area (TPSA) is 89.1 Å². The Labute approximate surface area is 162 Å². The number of nitrogen functional groups attached to an aromatic ring is 1. The first-order valence-electron chi connectivity index (χ1n) is 9.31. The van der Waals surface area contributed by atoms with Gasteiger partial charge in [0.25, 0.3) is 0 Å². The van der Waals surface area contributed by atoms with Crippen molar-refractivity contribution >= 4 is 34.0 Å². The number of nitrogens with zero attached hydrogens (tertiary/aromatic N) is 4. The van der Waals surface area contributed by atoms with Crippen molar-refractivity contribution in [3.05, 3.63) is 41.5 Å². The monoisotopic (exact) mass is 382 g/mol. The van der Waals surface area contributed by atoms with E-state index in [0.717, 1.165) is 17.5 Å². The average Bonchev–Trinajstić information content (AvgIpc) is 2.93. The van der Waals surface area contributed by atoms with E-state index in [4.69, 9.17) is 5.73 Å². The van der Waals surface area contributed by atoms with Crippen molar-refractivity contribution in [3.63, 3.8) is 0 Å². The summed E-state index contributed by atoms with van der Waals surface area (Å²) < 4.78 is 15.7. The number of aromatic nitrogens is 3. The fourth-order valence-corrected chi connectivity index (χ4v) is 3.62. The molecule has 146 valence electrons. The highest BCUT2D eigenvalue weighted by atomic mass is 19.1. The molecule has 3 aromatic rings. The summed E-state index contributed by atoms with van der Waals surface area (Å²) in [7, 11) is 0. The van der Waals surface area contributed by atoms with Crippen LogP contribution in [0.1, 0.15) is 25.1 Å². The summed E-state index contributed by atoms with van der Waals surface area (Å²) in [5.41, 5.74) is 7.46. The largest absolute Gasteiger partial charge is 0.396 e. The molecule has 0 spiro atoms. The summed E-state index contributed by atoms with van der Waals surface area (Å²) in [6, 6.07) is 5.68. The molecule has 0 saturated heterocycles. The van der Waals surface area contributed by atoms with Gasteiger partial charge in [0.2, 0.25) is 5.91 Å². The summed E-state index contributed by atoms with van der Waals surface area (Å²) in [4.78, 5) is 18.6. The van der Waals surface area contributed by atoms with Crippen molar-refractivity contribution in [2.45, 2.75) is 39.8 Å². The van der Waals surface area contributed by atoms with Crippen LogP contribution >= 0.6 is 0 Å². The van der Waals surface area contributed by atoms with Gasteiger partial charge in [-0.1, -0.05) is 0 Å². The number of aryl methyl sites for hydroxylation is 1. The number of fused-ring (bicyclic) bond motifs is 2. The lowest BCUT2D eigenvalue weighted by Gasteiger charge is -2.24. The summed E-state index contributed by atoms with van der Waals surface area (Å²) >= 11 is 0. The van der Waals surface area contributed by atoms with Gasteiger partial charge in [-0.05, 0) is 43.9 Å². The smallest absolute Gasteiger partial charge is 0.244 e.